The van der Waals surface area contributed by atoms with Gasteiger partial charge in [0.2, 0.25) is 5.91 Å². The maximum atomic E-state index is 11.3. The number of nitrogens with one attached hydrogen (secondary N) is 2. The number of halogens is 1. The van der Waals surface area contributed by atoms with Gasteiger partial charge in [-0.15, -0.1) is 0 Å². The van der Waals surface area contributed by atoms with Gasteiger partial charge < -0.3 is 15.4 Å². The van der Waals surface area contributed by atoms with E-state index in [4.69, 9.17) is 16.3 Å². The fourth-order valence-electron chi connectivity index (χ4n) is 1.03. The van der Waals surface area contributed by atoms with E-state index in [1.807, 2.05) is 0 Å². The second kappa shape index (κ2) is 7.03. The highest BCUT2D eigenvalue weighted by Gasteiger charge is 2.03. The average Bonchev–Trinajstić information content (AvgIpc) is 2.28. The first-order valence-corrected chi connectivity index (χ1v) is 5.22. The number of carbonyl (C=O) groups is 1. The van der Waals surface area contributed by atoms with Gasteiger partial charge in [-0.2, -0.15) is 0 Å². The van der Waals surface area contributed by atoms with Crippen LogP contribution in [0.2, 0.25) is 5.02 Å². The normalized spacial score (nSPS) is 9.88. The van der Waals surface area contributed by atoms with Gasteiger partial charge in [0.1, 0.15) is 5.82 Å². The largest absolute Gasteiger partial charge is 0.383 e. The van der Waals surface area contributed by atoms with Gasteiger partial charge in [0.25, 0.3) is 0 Å². The Bertz CT molecular complexity index is 347. The van der Waals surface area contributed by atoms with Crippen molar-refractivity contribution in [3.63, 3.8) is 0 Å². The minimum atomic E-state index is -0.126. The van der Waals surface area contributed by atoms with Crippen LogP contribution in [0.15, 0.2) is 18.3 Å². The van der Waals surface area contributed by atoms with Crippen molar-refractivity contribution in [1.29, 1.82) is 0 Å². The number of anilines is 1. The Labute approximate surface area is 99.2 Å². The van der Waals surface area contributed by atoms with Crippen LogP contribution in [0.3, 0.4) is 0 Å². The van der Waals surface area contributed by atoms with Crippen molar-refractivity contribution in [3.8, 4) is 0 Å². The zero-order valence-corrected chi connectivity index (χ0v) is 9.75. The topological polar surface area (TPSA) is 63.2 Å². The number of hydrogen-bond acceptors (Lipinski definition) is 4. The van der Waals surface area contributed by atoms with Crippen molar-refractivity contribution < 1.29 is 9.53 Å². The van der Waals surface area contributed by atoms with Gasteiger partial charge in [-0.05, 0) is 12.1 Å². The minimum absolute atomic E-state index is 0.126. The predicted molar refractivity (Wildman–Crippen MR) is 62.6 cm³/mol. The SMILES string of the molecule is COCCNC(=O)CNc1ncccc1Cl. The first-order chi connectivity index (χ1) is 7.74. The summed E-state index contributed by atoms with van der Waals surface area (Å²) in [6.07, 6.45) is 1.61. The third kappa shape index (κ3) is 4.46. The van der Waals surface area contributed by atoms with Crippen molar-refractivity contribution in [1.82, 2.24) is 10.3 Å². The predicted octanol–water partition coefficient (Wildman–Crippen LogP) is 0.909. The third-order valence-electron chi connectivity index (χ3n) is 1.80. The lowest BCUT2D eigenvalue weighted by molar-refractivity contribution is -0.119. The quantitative estimate of drug-likeness (QED) is 0.729. The summed E-state index contributed by atoms with van der Waals surface area (Å²) in [7, 11) is 1.58. The summed E-state index contributed by atoms with van der Waals surface area (Å²) < 4.78 is 4.81. The summed E-state index contributed by atoms with van der Waals surface area (Å²) in [6.45, 7) is 1.13. The molecule has 0 aromatic carbocycles. The standard InChI is InChI=1S/C10H14ClN3O2/c1-16-6-5-12-9(15)7-14-10-8(11)3-2-4-13-10/h2-4H,5-7H2,1H3,(H,12,15)(H,13,14). The van der Waals surface area contributed by atoms with E-state index >= 15 is 0 Å². The Morgan fingerprint density at radius 3 is 3.12 bits per heavy atom. The Morgan fingerprint density at radius 2 is 2.44 bits per heavy atom. The molecule has 6 heteroatoms. The van der Waals surface area contributed by atoms with Crippen molar-refractivity contribution in [2.45, 2.75) is 0 Å². The summed E-state index contributed by atoms with van der Waals surface area (Å²) in [6, 6.07) is 3.44. The molecule has 1 amide bonds. The molecule has 1 rings (SSSR count). The van der Waals surface area contributed by atoms with Gasteiger partial charge >= 0.3 is 0 Å². The van der Waals surface area contributed by atoms with Crippen molar-refractivity contribution in [2.24, 2.45) is 0 Å². The maximum Gasteiger partial charge on any atom is 0.239 e. The lowest BCUT2D eigenvalue weighted by atomic mass is 10.4. The van der Waals surface area contributed by atoms with E-state index < -0.39 is 0 Å². The molecule has 1 aromatic heterocycles. The number of ether oxygens (including phenoxy) is 1. The Morgan fingerprint density at radius 1 is 1.62 bits per heavy atom. The molecule has 2 N–H and O–H groups in total. The van der Waals surface area contributed by atoms with Gasteiger partial charge in [0, 0.05) is 19.9 Å². The van der Waals surface area contributed by atoms with Crippen LogP contribution in [0.25, 0.3) is 0 Å². The highest BCUT2D eigenvalue weighted by molar-refractivity contribution is 6.32. The molecule has 0 spiro atoms. The van der Waals surface area contributed by atoms with E-state index in [-0.39, 0.29) is 12.5 Å². The number of pyridine rings is 1. The van der Waals surface area contributed by atoms with Crippen LogP contribution in [0.1, 0.15) is 0 Å². The van der Waals surface area contributed by atoms with Crippen LogP contribution in [0.4, 0.5) is 5.82 Å². The Balaban J connectivity index is 2.29. The van der Waals surface area contributed by atoms with Gasteiger partial charge in [-0.3, -0.25) is 4.79 Å². The molecule has 0 radical (unpaired) electrons. The molecule has 0 atom stereocenters. The van der Waals surface area contributed by atoms with E-state index in [1.165, 1.54) is 0 Å². The molecular weight excluding hydrogens is 230 g/mol. The molecule has 5 nitrogen and oxygen atoms in total. The Hall–Kier alpha value is -1.33. The zero-order valence-electron chi connectivity index (χ0n) is 9.00. The second-order valence-corrected chi connectivity index (χ2v) is 3.44. The van der Waals surface area contributed by atoms with Crippen molar-refractivity contribution in [2.75, 3.05) is 32.1 Å². The minimum Gasteiger partial charge on any atom is -0.383 e. The zero-order chi connectivity index (χ0) is 11.8. The van der Waals surface area contributed by atoms with Crippen molar-refractivity contribution >= 4 is 23.3 Å². The van der Waals surface area contributed by atoms with Gasteiger partial charge in [-0.25, -0.2) is 4.98 Å². The molecule has 88 valence electrons. The molecule has 0 bridgehead atoms. The number of rotatable bonds is 6. The summed E-state index contributed by atoms with van der Waals surface area (Å²) in [5.74, 6) is 0.379. The smallest absolute Gasteiger partial charge is 0.239 e. The number of nitrogens with zero attached hydrogens (tertiary/aromatic N) is 1. The van der Waals surface area contributed by atoms with E-state index in [0.717, 1.165) is 0 Å². The number of methoxy groups -OCH3 is 1. The maximum absolute atomic E-state index is 11.3. The second-order valence-electron chi connectivity index (χ2n) is 3.03. The number of hydrogen-bond donors (Lipinski definition) is 2. The molecule has 0 aliphatic rings. The van der Waals surface area contributed by atoms with E-state index in [9.17, 15) is 4.79 Å². The molecule has 0 aliphatic carbocycles. The molecule has 0 saturated heterocycles. The average molecular weight is 244 g/mol. The highest BCUT2D eigenvalue weighted by atomic mass is 35.5. The third-order valence-corrected chi connectivity index (χ3v) is 2.11. The van der Waals surface area contributed by atoms with Crippen LogP contribution in [0, 0.1) is 0 Å². The number of amides is 1. The molecule has 0 saturated carbocycles. The Kier molecular flexibility index (Phi) is 5.60. The first-order valence-electron chi connectivity index (χ1n) is 4.84. The fourth-order valence-corrected chi connectivity index (χ4v) is 1.22. The summed E-state index contributed by atoms with van der Waals surface area (Å²) in [5.41, 5.74) is 0. The molecule has 0 fully saturated rings. The van der Waals surface area contributed by atoms with Crippen LogP contribution >= 0.6 is 11.6 Å². The van der Waals surface area contributed by atoms with Crippen molar-refractivity contribution in [3.05, 3.63) is 23.4 Å². The van der Waals surface area contributed by atoms with E-state index in [0.29, 0.717) is 24.0 Å². The summed E-state index contributed by atoms with van der Waals surface area (Å²) in [4.78, 5) is 15.3. The van der Waals surface area contributed by atoms with E-state index in [1.54, 1.807) is 25.4 Å². The number of aromatic nitrogens is 1. The van der Waals surface area contributed by atoms with Crippen LogP contribution in [-0.2, 0) is 9.53 Å². The molecular formula is C10H14ClN3O2. The van der Waals surface area contributed by atoms with Crippen LogP contribution in [-0.4, -0.2) is 37.7 Å². The molecule has 1 heterocycles. The fraction of sp³-hybridized carbons (Fsp3) is 0.400. The molecule has 16 heavy (non-hydrogen) atoms. The van der Waals surface area contributed by atoms with Gasteiger partial charge in [-0.1, -0.05) is 11.6 Å². The monoisotopic (exact) mass is 243 g/mol. The van der Waals surface area contributed by atoms with E-state index in [2.05, 4.69) is 15.6 Å². The lowest BCUT2D eigenvalue weighted by Gasteiger charge is -2.07. The lowest BCUT2D eigenvalue weighted by Crippen LogP contribution is -2.32. The van der Waals surface area contributed by atoms with Gasteiger partial charge in [0.05, 0.1) is 18.2 Å². The molecule has 0 aliphatic heterocycles. The van der Waals surface area contributed by atoms with Crippen LogP contribution < -0.4 is 10.6 Å². The highest BCUT2D eigenvalue weighted by Crippen LogP contribution is 2.16. The first kappa shape index (κ1) is 12.7. The van der Waals surface area contributed by atoms with Crippen LogP contribution in [0.5, 0.6) is 0 Å². The number of carbonyl (C=O) groups excluding carboxylic acids is 1. The summed E-state index contributed by atoms with van der Waals surface area (Å²) >= 11 is 5.86. The molecule has 0 unspecified atom stereocenters. The molecule has 1 aromatic rings. The summed E-state index contributed by atoms with van der Waals surface area (Å²) in [5, 5.41) is 6.01. The van der Waals surface area contributed by atoms with Gasteiger partial charge in [0.15, 0.2) is 0 Å².